The summed E-state index contributed by atoms with van der Waals surface area (Å²) in [7, 11) is -3.98. The van der Waals surface area contributed by atoms with Gasteiger partial charge in [-0.1, -0.05) is 6.92 Å². The van der Waals surface area contributed by atoms with Crippen molar-refractivity contribution in [3.63, 3.8) is 0 Å². The van der Waals surface area contributed by atoms with E-state index in [1.54, 1.807) is 27.7 Å². The Kier molecular flexibility index (Phi) is 7.15. The van der Waals surface area contributed by atoms with Gasteiger partial charge in [-0.25, -0.2) is 9.36 Å². The molecule has 2 aliphatic heterocycles. The largest absolute Gasteiger partial charge is 0.475 e. The molecule has 1 aromatic rings. The number of aromatic nitrogens is 2. The van der Waals surface area contributed by atoms with Crippen LogP contribution in [0.4, 0.5) is 0 Å². The number of H-pyrrole nitrogens is 1. The van der Waals surface area contributed by atoms with Gasteiger partial charge in [0.15, 0.2) is 6.23 Å². The number of nitrogens with zero attached hydrogens (tertiary/aromatic N) is 1. The lowest BCUT2D eigenvalue weighted by Gasteiger charge is -2.34. The van der Waals surface area contributed by atoms with Gasteiger partial charge in [0.05, 0.1) is 25.2 Å². The number of phosphoric ester groups is 1. The van der Waals surface area contributed by atoms with Gasteiger partial charge in [0.2, 0.25) is 0 Å². The molecule has 1 N–H and O–H groups in total. The second-order valence-electron chi connectivity index (χ2n) is 7.97. The molecule has 1 unspecified atom stereocenters. The van der Waals surface area contributed by atoms with Crippen molar-refractivity contribution in [1.29, 1.82) is 0 Å². The van der Waals surface area contributed by atoms with E-state index < -0.39 is 48.3 Å². The van der Waals surface area contributed by atoms with Crippen LogP contribution in [0.5, 0.6) is 0 Å². The monoisotopic (exact) mass is 480 g/mol. The van der Waals surface area contributed by atoms with Gasteiger partial charge in [-0.15, -0.1) is 11.6 Å². The van der Waals surface area contributed by atoms with E-state index in [1.807, 2.05) is 0 Å². The normalized spacial score (nSPS) is 33.8. The van der Waals surface area contributed by atoms with Gasteiger partial charge in [-0.05, 0) is 27.2 Å². The fourth-order valence-corrected chi connectivity index (χ4v) is 5.22. The van der Waals surface area contributed by atoms with Crippen LogP contribution in [0.1, 0.15) is 40.3 Å². The van der Waals surface area contributed by atoms with E-state index >= 15 is 0 Å². The first kappa shape index (κ1) is 24.2. The Morgan fingerprint density at radius 1 is 1.42 bits per heavy atom. The standard InChI is InChI=1S/C18H26ClN2O9P/c1-10(2)28-15(23)11(3)6-8-26-31(25)27-9-12-14(30-31)18(4,19)16(29-12)21-7-5-13(22)20-17(21)24/h5,7,10-12,14,16H,6,8-9H2,1-4H3,(H,20,22,24)/t11-,12+,14+,16+,18+,31?/m0/s1. The second-order valence-corrected chi connectivity index (χ2v) is 10.4. The first-order chi connectivity index (χ1) is 14.4. The third-order valence-corrected chi connectivity index (χ3v) is 6.83. The molecule has 6 atom stereocenters. The highest BCUT2D eigenvalue weighted by Crippen LogP contribution is 2.60. The van der Waals surface area contributed by atoms with Gasteiger partial charge in [-0.2, -0.15) is 0 Å². The van der Waals surface area contributed by atoms with Crippen LogP contribution in [0.25, 0.3) is 0 Å². The Labute approximate surface area is 183 Å². The zero-order chi connectivity index (χ0) is 23.0. The van der Waals surface area contributed by atoms with Crippen molar-refractivity contribution in [1.82, 2.24) is 9.55 Å². The number of hydrogen-bond acceptors (Lipinski definition) is 9. The van der Waals surface area contributed by atoms with Crippen molar-refractivity contribution in [2.45, 2.75) is 63.5 Å². The van der Waals surface area contributed by atoms with Gasteiger partial charge in [-0.3, -0.25) is 32.7 Å². The van der Waals surface area contributed by atoms with Crippen LogP contribution >= 0.6 is 19.4 Å². The molecule has 0 bridgehead atoms. The molecule has 0 aliphatic carbocycles. The molecular formula is C18H26ClN2O9P. The highest BCUT2D eigenvalue weighted by atomic mass is 35.5. The van der Waals surface area contributed by atoms with Gasteiger partial charge >= 0.3 is 19.5 Å². The lowest BCUT2D eigenvalue weighted by atomic mass is 10.0. The molecule has 0 saturated carbocycles. The fourth-order valence-electron chi connectivity index (χ4n) is 3.33. The summed E-state index contributed by atoms with van der Waals surface area (Å²) in [6.07, 6.45) is -1.35. The van der Waals surface area contributed by atoms with Crippen LogP contribution in [0.2, 0.25) is 0 Å². The Morgan fingerprint density at radius 2 is 2.13 bits per heavy atom. The van der Waals surface area contributed by atoms with Crippen LogP contribution in [-0.2, 0) is 32.4 Å². The van der Waals surface area contributed by atoms with Crippen LogP contribution in [0.3, 0.4) is 0 Å². The van der Waals surface area contributed by atoms with Crippen LogP contribution < -0.4 is 11.2 Å². The van der Waals surface area contributed by atoms with Gasteiger partial charge in [0, 0.05) is 12.3 Å². The minimum atomic E-state index is -3.98. The molecule has 0 spiro atoms. The average molecular weight is 481 g/mol. The van der Waals surface area contributed by atoms with Gasteiger partial charge < -0.3 is 9.47 Å². The molecule has 0 radical (unpaired) electrons. The van der Waals surface area contributed by atoms with Crippen molar-refractivity contribution >= 4 is 25.4 Å². The number of ether oxygens (including phenoxy) is 2. The maximum Gasteiger partial charge on any atom is 0.475 e. The minimum Gasteiger partial charge on any atom is -0.463 e. The molecular weight excluding hydrogens is 455 g/mol. The summed E-state index contributed by atoms with van der Waals surface area (Å²) in [4.78, 5) is 36.2. The van der Waals surface area contributed by atoms with E-state index in [0.717, 1.165) is 10.6 Å². The molecule has 31 heavy (non-hydrogen) atoms. The molecule has 2 aliphatic rings. The molecule has 1 aromatic heterocycles. The molecule has 0 aromatic carbocycles. The summed E-state index contributed by atoms with van der Waals surface area (Å²) in [5.74, 6) is -0.842. The Morgan fingerprint density at radius 3 is 2.77 bits per heavy atom. The fraction of sp³-hybridized carbons (Fsp3) is 0.722. The second kappa shape index (κ2) is 9.17. The maximum absolute atomic E-state index is 12.9. The quantitative estimate of drug-likeness (QED) is 0.353. The Bertz CT molecular complexity index is 975. The summed E-state index contributed by atoms with van der Waals surface area (Å²) < 4.78 is 41.2. The maximum atomic E-state index is 12.9. The molecule has 11 nitrogen and oxygen atoms in total. The van der Waals surface area contributed by atoms with Crippen molar-refractivity contribution in [2.24, 2.45) is 5.92 Å². The van der Waals surface area contributed by atoms with E-state index in [9.17, 15) is 18.9 Å². The number of hydrogen-bond donors (Lipinski definition) is 1. The minimum absolute atomic E-state index is 0.0638. The number of rotatable bonds is 7. The van der Waals surface area contributed by atoms with E-state index in [0.29, 0.717) is 0 Å². The van der Waals surface area contributed by atoms with Crippen LogP contribution in [0.15, 0.2) is 21.9 Å². The first-order valence-electron chi connectivity index (χ1n) is 9.87. The summed E-state index contributed by atoms with van der Waals surface area (Å²) in [6, 6.07) is 1.16. The van der Waals surface area contributed by atoms with E-state index in [1.165, 1.54) is 6.20 Å². The zero-order valence-corrected chi connectivity index (χ0v) is 19.3. The number of phosphoric acid groups is 1. The van der Waals surface area contributed by atoms with Crippen LogP contribution in [-0.4, -0.2) is 51.9 Å². The number of alkyl halides is 1. The molecule has 13 heteroatoms. The predicted molar refractivity (Wildman–Crippen MR) is 109 cm³/mol. The predicted octanol–water partition coefficient (Wildman–Crippen LogP) is 1.95. The number of carbonyl (C=O) groups is 1. The summed E-state index contributed by atoms with van der Waals surface area (Å²) in [5, 5.41) is 0. The SMILES string of the molecule is CC(C)OC(=O)[C@@H](C)CCOP1(=O)OC[C@H]2O[C@@H](n3ccc(=O)[nH]c3=O)[C@](C)(Cl)[C@@H]2O1. The number of carbonyl (C=O) groups excluding carboxylic acids is 1. The molecule has 174 valence electrons. The van der Waals surface area contributed by atoms with Gasteiger partial charge in [0.25, 0.3) is 5.56 Å². The van der Waals surface area contributed by atoms with Crippen LogP contribution in [0, 0.1) is 5.92 Å². The zero-order valence-electron chi connectivity index (χ0n) is 17.6. The summed E-state index contributed by atoms with van der Waals surface area (Å²) in [6.45, 7) is 6.55. The molecule has 2 saturated heterocycles. The van der Waals surface area contributed by atoms with Crippen molar-refractivity contribution < 1.29 is 32.4 Å². The molecule has 3 heterocycles. The first-order valence-corrected chi connectivity index (χ1v) is 11.7. The third kappa shape index (κ3) is 5.30. The third-order valence-electron chi connectivity index (χ3n) is 4.98. The van der Waals surface area contributed by atoms with E-state index in [-0.39, 0.29) is 31.7 Å². The number of esters is 1. The van der Waals surface area contributed by atoms with Gasteiger partial charge in [0.1, 0.15) is 17.1 Å². The lowest BCUT2D eigenvalue weighted by molar-refractivity contribution is -0.152. The number of fused-ring (bicyclic) bond motifs is 1. The molecule has 3 rings (SSSR count). The van der Waals surface area contributed by atoms with Crippen molar-refractivity contribution in [3.8, 4) is 0 Å². The van der Waals surface area contributed by atoms with Crippen molar-refractivity contribution in [2.75, 3.05) is 13.2 Å². The molecule has 2 fully saturated rings. The van der Waals surface area contributed by atoms with Crippen molar-refractivity contribution in [3.05, 3.63) is 33.1 Å². The number of nitrogens with one attached hydrogen (secondary N) is 1. The summed E-state index contributed by atoms with van der Waals surface area (Å²) >= 11 is 6.66. The highest BCUT2D eigenvalue weighted by molar-refractivity contribution is 7.48. The average Bonchev–Trinajstić information content (AvgIpc) is 2.91. The Hall–Kier alpha value is -1.49. The summed E-state index contributed by atoms with van der Waals surface area (Å²) in [5.41, 5.74) is -1.26. The lowest BCUT2D eigenvalue weighted by Crippen LogP contribution is -2.45. The number of halogens is 1. The molecule has 0 amide bonds. The van der Waals surface area contributed by atoms with E-state index in [4.69, 9.17) is 34.6 Å². The smallest absolute Gasteiger partial charge is 0.463 e. The van der Waals surface area contributed by atoms with E-state index in [2.05, 4.69) is 4.98 Å². The topological polar surface area (TPSA) is 135 Å². The number of aromatic amines is 1. The highest BCUT2D eigenvalue weighted by Gasteiger charge is 2.60. The Balaban J connectivity index is 1.65.